The number of nitro groups is 3. The van der Waals surface area contributed by atoms with E-state index in [0.717, 1.165) is 11.1 Å². The molecule has 0 amide bonds. The highest BCUT2D eigenvalue weighted by Crippen LogP contribution is 2.34. The highest BCUT2D eigenvalue weighted by molar-refractivity contribution is 5.75. The Labute approximate surface area is 310 Å². The van der Waals surface area contributed by atoms with E-state index in [1.54, 1.807) is 61.3 Å². The maximum atomic E-state index is 10.7. The molecule has 0 spiro atoms. The third-order valence-electron chi connectivity index (χ3n) is 7.61. The van der Waals surface area contributed by atoms with Gasteiger partial charge in [-0.05, 0) is 60.8 Å². The lowest BCUT2D eigenvalue weighted by Gasteiger charge is -2.20. The third-order valence-corrected chi connectivity index (χ3v) is 7.61. The molecule has 12 nitrogen and oxygen atoms in total. The first-order chi connectivity index (χ1) is 23.1. The summed E-state index contributed by atoms with van der Waals surface area (Å²) in [6, 6.07) is 13.6. The van der Waals surface area contributed by atoms with E-state index in [-0.39, 0.29) is 50.8 Å². The van der Waals surface area contributed by atoms with Crippen LogP contribution in [0.5, 0.6) is 0 Å². The predicted octanol–water partition coefficient (Wildman–Crippen LogP) is 11.3. The Bertz CT molecular complexity index is 1740. The Kier molecular flexibility index (Phi) is 17.2. The van der Waals surface area contributed by atoms with E-state index in [2.05, 4.69) is 70.6 Å². The van der Waals surface area contributed by atoms with Crippen molar-refractivity contribution in [2.24, 2.45) is 17.5 Å². The summed E-state index contributed by atoms with van der Waals surface area (Å²) in [6.45, 7) is 27.0. The standard InChI is InChI=1S/2C10H13NO2.C10H16.C9H14N4O2.CH4/c1-10(2,3)8-4-6-9(7-5-8)11(12)13;1-10(2,3)8-6-4-5-7-9(8)11(12)13;1-8-5-6-9(7-8)10(2,3)4;1-9(2,3)11-5-7-10-6-8(12(7)4)13(14)15;/h2*4-7H,1-3H3;5-6H,7H2,1-4H3;5-6H,1-4H3;1H4. The molecule has 4 rings (SSSR count). The van der Waals surface area contributed by atoms with Crippen LogP contribution in [0, 0.1) is 35.8 Å². The van der Waals surface area contributed by atoms with Crippen LogP contribution in [0.25, 0.3) is 0 Å². The number of rotatable bonds is 4. The first-order valence-corrected chi connectivity index (χ1v) is 16.7. The number of nitrogens with zero attached hydrogens (tertiary/aromatic N) is 6. The molecule has 0 N–H and O–H groups in total. The number of allylic oxidation sites excluding steroid dienone is 4. The molecule has 0 radical (unpaired) electrons. The maximum absolute atomic E-state index is 10.7. The zero-order valence-electron chi connectivity index (χ0n) is 32.8. The van der Waals surface area contributed by atoms with Crippen LogP contribution >= 0.6 is 0 Å². The number of aliphatic imine (C=N–C) groups is 1. The van der Waals surface area contributed by atoms with Crippen molar-refractivity contribution < 1.29 is 14.8 Å². The van der Waals surface area contributed by atoms with Gasteiger partial charge in [0.2, 0.25) is 5.82 Å². The SMILES string of the molecule is C.CC(C)(C)c1ccc([N+](=O)[O-])cc1.CC(C)(C)c1ccccc1[N+](=O)[O-].CC1=CC=C(C(C)(C)C)C1.Cn1c([N+](=O)[O-])cnc1C=NC(C)(C)C. The van der Waals surface area contributed by atoms with Crippen molar-refractivity contribution in [1.29, 1.82) is 0 Å². The topological polar surface area (TPSA) is 160 Å². The van der Waals surface area contributed by atoms with E-state index < -0.39 is 4.92 Å². The molecule has 0 saturated heterocycles. The van der Waals surface area contributed by atoms with Crippen molar-refractivity contribution in [3.8, 4) is 0 Å². The van der Waals surface area contributed by atoms with Crippen LogP contribution in [0.4, 0.5) is 17.2 Å². The third kappa shape index (κ3) is 15.9. The lowest BCUT2D eigenvalue weighted by molar-refractivity contribution is -0.391. The van der Waals surface area contributed by atoms with E-state index >= 15 is 0 Å². The van der Waals surface area contributed by atoms with E-state index in [1.165, 1.54) is 22.8 Å². The molecule has 0 fully saturated rings. The number of nitro benzene ring substituents is 2. The molecule has 12 heteroatoms. The van der Waals surface area contributed by atoms with Gasteiger partial charge in [-0.25, -0.2) is 9.55 Å². The summed E-state index contributed by atoms with van der Waals surface area (Å²) >= 11 is 0. The van der Waals surface area contributed by atoms with Crippen molar-refractivity contribution in [2.75, 3.05) is 0 Å². The summed E-state index contributed by atoms with van der Waals surface area (Å²) < 4.78 is 1.40. The van der Waals surface area contributed by atoms with Crippen molar-refractivity contribution in [2.45, 2.75) is 120 Å². The summed E-state index contributed by atoms with van der Waals surface area (Å²) in [4.78, 5) is 38.5. The maximum Gasteiger partial charge on any atom is 0.342 e. The molecule has 52 heavy (non-hydrogen) atoms. The van der Waals surface area contributed by atoms with Crippen LogP contribution in [0.15, 0.2) is 83.0 Å². The smallest absolute Gasteiger partial charge is 0.342 e. The fraction of sp³-hybridized carbons (Fsp3) is 0.500. The van der Waals surface area contributed by atoms with E-state index in [9.17, 15) is 30.3 Å². The summed E-state index contributed by atoms with van der Waals surface area (Å²) in [5, 5.41) is 31.6. The zero-order chi connectivity index (χ0) is 39.5. The van der Waals surface area contributed by atoms with Crippen molar-refractivity contribution in [3.05, 3.63) is 125 Å². The van der Waals surface area contributed by atoms with Gasteiger partial charge in [-0.3, -0.25) is 25.2 Å². The number of hydrogen-bond acceptors (Lipinski definition) is 8. The van der Waals surface area contributed by atoms with Gasteiger partial charge in [-0.15, -0.1) is 0 Å². The van der Waals surface area contributed by atoms with Crippen molar-refractivity contribution in [1.82, 2.24) is 9.55 Å². The number of hydrogen-bond donors (Lipinski definition) is 0. The van der Waals surface area contributed by atoms with E-state index in [0.29, 0.717) is 11.2 Å². The highest BCUT2D eigenvalue weighted by atomic mass is 16.6. The molecule has 3 aromatic rings. The van der Waals surface area contributed by atoms with Crippen LogP contribution in [-0.2, 0) is 17.9 Å². The predicted molar refractivity (Wildman–Crippen MR) is 213 cm³/mol. The molecule has 0 atom stereocenters. The van der Waals surface area contributed by atoms with Gasteiger partial charge in [0, 0.05) is 23.8 Å². The number of imidazole rings is 1. The Hall–Kier alpha value is -5.00. The highest BCUT2D eigenvalue weighted by Gasteiger charge is 2.23. The van der Waals surface area contributed by atoms with Gasteiger partial charge < -0.3 is 10.1 Å². The second-order valence-electron chi connectivity index (χ2n) is 16.4. The van der Waals surface area contributed by atoms with Gasteiger partial charge in [0.1, 0.15) is 6.20 Å². The number of benzene rings is 2. The molecule has 0 unspecified atom stereocenters. The normalized spacial score (nSPS) is 12.8. The molecule has 286 valence electrons. The average molecular weight is 721 g/mol. The molecule has 0 saturated carbocycles. The van der Waals surface area contributed by atoms with Gasteiger partial charge in [-0.2, -0.15) is 0 Å². The van der Waals surface area contributed by atoms with E-state index in [1.807, 2.05) is 47.6 Å². The molecule has 1 aromatic heterocycles. The number of aromatic nitrogens is 2. The molecule has 1 aliphatic rings. The number of non-ortho nitro benzene ring substituents is 1. The van der Waals surface area contributed by atoms with Gasteiger partial charge in [0.15, 0.2) is 0 Å². The molecule has 1 aliphatic carbocycles. The summed E-state index contributed by atoms with van der Waals surface area (Å²) in [6.07, 6.45) is 8.44. The lowest BCUT2D eigenvalue weighted by atomic mass is 9.85. The number of para-hydroxylation sites is 1. The minimum Gasteiger partial charge on any atom is -0.358 e. The molecule has 0 aliphatic heterocycles. The first-order valence-electron chi connectivity index (χ1n) is 16.7. The molecular weight excluding hydrogens is 660 g/mol. The quantitative estimate of drug-likeness (QED) is 0.147. The van der Waals surface area contributed by atoms with E-state index in [4.69, 9.17) is 0 Å². The molecular formula is C40H60N6O6. The lowest BCUT2D eigenvalue weighted by Crippen LogP contribution is -2.13. The van der Waals surface area contributed by atoms with Gasteiger partial charge in [0.25, 0.3) is 11.4 Å². The minimum atomic E-state index is -0.471. The van der Waals surface area contributed by atoms with Gasteiger partial charge >= 0.3 is 5.82 Å². The fourth-order valence-electron chi connectivity index (χ4n) is 4.48. The van der Waals surface area contributed by atoms with Crippen LogP contribution in [0.3, 0.4) is 0 Å². The summed E-state index contributed by atoms with van der Waals surface area (Å²) in [7, 11) is 1.59. The second-order valence-corrected chi connectivity index (χ2v) is 16.4. The van der Waals surface area contributed by atoms with Crippen molar-refractivity contribution >= 4 is 23.4 Å². The van der Waals surface area contributed by atoms with Crippen LogP contribution in [0.2, 0.25) is 0 Å². The zero-order valence-corrected chi connectivity index (χ0v) is 32.8. The van der Waals surface area contributed by atoms with Gasteiger partial charge in [-0.1, -0.05) is 123 Å². The van der Waals surface area contributed by atoms with Gasteiger partial charge in [0.05, 0.1) is 28.6 Å². The fourth-order valence-corrected chi connectivity index (χ4v) is 4.48. The average Bonchev–Trinajstić information content (AvgIpc) is 3.61. The Morgan fingerprint density at radius 3 is 1.60 bits per heavy atom. The Balaban J connectivity index is 0.000000668. The molecule has 2 aromatic carbocycles. The molecule has 1 heterocycles. The summed E-state index contributed by atoms with van der Waals surface area (Å²) in [5.74, 6) is 0.446. The largest absolute Gasteiger partial charge is 0.358 e. The van der Waals surface area contributed by atoms with Crippen LogP contribution in [-0.4, -0.2) is 36.1 Å². The second kappa shape index (κ2) is 19.0. The first kappa shape index (κ1) is 47.0. The monoisotopic (exact) mass is 720 g/mol. The summed E-state index contributed by atoms with van der Waals surface area (Å²) in [5.41, 5.74) is 5.32. The molecule has 0 bridgehead atoms. The minimum absolute atomic E-state index is 0. The van der Waals surface area contributed by atoms with Crippen molar-refractivity contribution in [3.63, 3.8) is 0 Å². The van der Waals surface area contributed by atoms with Crippen LogP contribution < -0.4 is 0 Å². The Morgan fingerprint density at radius 2 is 1.27 bits per heavy atom. The Morgan fingerprint density at radius 1 is 0.731 bits per heavy atom. The van der Waals surface area contributed by atoms with Crippen LogP contribution in [0.1, 0.15) is 121 Å².